The van der Waals surface area contributed by atoms with Gasteiger partial charge < -0.3 is 14.6 Å². The highest BCUT2D eigenvalue weighted by molar-refractivity contribution is 7.98. The lowest BCUT2D eigenvalue weighted by molar-refractivity contribution is -0.128. The molecule has 8 nitrogen and oxygen atoms in total. The minimum atomic E-state index is -1.07. The van der Waals surface area contributed by atoms with E-state index in [-0.39, 0.29) is 12.5 Å². The van der Waals surface area contributed by atoms with Crippen LogP contribution in [-0.4, -0.2) is 35.6 Å². The Hall–Kier alpha value is -3.59. The second kappa shape index (κ2) is 9.50. The molecule has 0 saturated carbocycles. The molecule has 0 saturated heterocycles. The highest BCUT2D eigenvalue weighted by atomic mass is 32.2. The summed E-state index contributed by atoms with van der Waals surface area (Å²) in [5.74, 6) is -0.0506. The van der Waals surface area contributed by atoms with Crippen LogP contribution in [0.2, 0.25) is 0 Å². The van der Waals surface area contributed by atoms with Crippen molar-refractivity contribution in [2.75, 3.05) is 16.8 Å². The Morgan fingerprint density at radius 1 is 1.18 bits per heavy atom. The summed E-state index contributed by atoms with van der Waals surface area (Å²) in [7, 11) is 0. The fourth-order valence-corrected chi connectivity index (χ4v) is 4.74. The van der Waals surface area contributed by atoms with Crippen LogP contribution in [0.25, 0.3) is 0 Å². The fourth-order valence-electron chi connectivity index (χ4n) is 3.54. The van der Waals surface area contributed by atoms with E-state index in [1.807, 2.05) is 26.0 Å². The van der Waals surface area contributed by atoms with Crippen LogP contribution in [0, 0.1) is 13.8 Å². The van der Waals surface area contributed by atoms with E-state index in [0.29, 0.717) is 22.7 Å². The number of amides is 2. The lowest BCUT2D eigenvalue weighted by atomic mass is 10.1. The molecule has 4 rings (SSSR count). The molecule has 1 unspecified atom stereocenters. The molecule has 1 aliphatic rings. The molecule has 0 aliphatic carbocycles. The Balaban J connectivity index is 1.47. The Kier molecular flexibility index (Phi) is 6.50. The first-order chi connectivity index (χ1) is 15.8. The number of carbonyl (C=O) groups is 3. The van der Waals surface area contributed by atoms with Crippen LogP contribution < -0.4 is 10.2 Å². The topological polar surface area (TPSA) is 102 Å². The molecule has 1 N–H and O–H groups in total. The summed E-state index contributed by atoms with van der Waals surface area (Å²) in [5, 5.41) is 6.70. The van der Waals surface area contributed by atoms with Crippen molar-refractivity contribution < 1.29 is 23.6 Å². The van der Waals surface area contributed by atoms with Gasteiger partial charge >= 0.3 is 5.97 Å². The molecule has 1 atom stereocenters. The van der Waals surface area contributed by atoms with Gasteiger partial charge in [0.1, 0.15) is 12.3 Å². The number of benzene rings is 2. The maximum absolute atomic E-state index is 13.1. The van der Waals surface area contributed by atoms with E-state index >= 15 is 0 Å². The van der Waals surface area contributed by atoms with E-state index in [2.05, 4.69) is 10.5 Å². The molecule has 0 radical (unpaired) electrons. The van der Waals surface area contributed by atoms with Crippen molar-refractivity contribution in [3.05, 3.63) is 71.1 Å². The van der Waals surface area contributed by atoms with Gasteiger partial charge in [-0.1, -0.05) is 29.4 Å². The Labute approximate surface area is 195 Å². The van der Waals surface area contributed by atoms with Gasteiger partial charge in [-0.3, -0.25) is 14.5 Å². The second-order valence-electron chi connectivity index (χ2n) is 7.62. The van der Waals surface area contributed by atoms with Crippen molar-refractivity contribution >= 4 is 40.9 Å². The number of esters is 1. The first-order valence-corrected chi connectivity index (χ1v) is 11.4. The summed E-state index contributed by atoms with van der Waals surface area (Å²) in [4.78, 5) is 40.1. The monoisotopic (exact) mass is 465 g/mol. The Morgan fingerprint density at radius 3 is 2.67 bits per heavy atom. The number of aromatic nitrogens is 1. The van der Waals surface area contributed by atoms with Crippen LogP contribution in [-0.2, 0) is 20.1 Å². The molecular weight excluding hydrogens is 442 g/mol. The molecule has 170 valence electrons. The molecule has 0 spiro atoms. The van der Waals surface area contributed by atoms with Crippen molar-refractivity contribution in [2.45, 2.75) is 37.5 Å². The maximum Gasteiger partial charge on any atom is 0.340 e. The third kappa shape index (κ3) is 4.78. The number of fused-ring (bicyclic) bond motifs is 1. The summed E-state index contributed by atoms with van der Waals surface area (Å²) in [6.45, 7) is 5.10. The average molecular weight is 466 g/mol. The molecule has 1 aliphatic heterocycles. The van der Waals surface area contributed by atoms with Crippen LogP contribution in [0.5, 0.6) is 0 Å². The van der Waals surface area contributed by atoms with E-state index < -0.39 is 18.0 Å². The lowest BCUT2D eigenvalue weighted by Gasteiger charge is -2.30. The maximum atomic E-state index is 13.1. The van der Waals surface area contributed by atoms with E-state index in [1.54, 1.807) is 36.4 Å². The molecule has 1 aromatic heterocycles. The van der Waals surface area contributed by atoms with Crippen molar-refractivity contribution in [1.29, 1.82) is 0 Å². The highest BCUT2D eigenvalue weighted by Crippen LogP contribution is 2.31. The number of para-hydroxylation sites is 2. The first-order valence-electron chi connectivity index (χ1n) is 10.4. The molecule has 2 amide bonds. The van der Waals surface area contributed by atoms with Gasteiger partial charge in [0.2, 0.25) is 5.91 Å². The molecule has 0 bridgehead atoms. The minimum Gasteiger partial charge on any atom is -0.449 e. The predicted molar refractivity (Wildman–Crippen MR) is 124 cm³/mol. The Bertz CT molecular complexity index is 1200. The fraction of sp³-hybridized carbons (Fsp3) is 0.250. The predicted octanol–water partition coefficient (Wildman–Crippen LogP) is 4.11. The number of ether oxygens (including phenoxy) is 1. The number of anilines is 2. The zero-order valence-corrected chi connectivity index (χ0v) is 19.3. The number of hydrogen-bond acceptors (Lipinski definition) is 7. The van der Waals surface area contributed by atoms with Crippen molar-refractivity contribution in [3.8, 4) is 0 Å². The van der Waals surface area contributed by atoms with Gasteiger partial charge in [0.25, 0.3) is 5.91 Å². The van der Waals surface area contributed by atoms with Crippen LogP contribution in [0.1, 0.15) is 34.3 Å². The molecule has 3 aromatic rings. The van der Waals surface area contributed by atoms with Crippen molar-refractivity contribution in [1.82, 2.24) is 5.16 Å². The summed E-state index contributed by atoms with van der Waals surface area (Å²) < 4.78 is 10.7. The van der Waals surface area contributed by atoms with Crippen LogP contribution in [0.4, 0.5) is 11.4 Å². The zero-order valence-electron chi connectivity index (χ0n) is 18.5. The van der Waals surface area contributed by atoms with E-state index in [0.717, 1.165) is 21.9 Å². The second-order valence-corrected chi connectivity index (χ2v) is 8.64. The van der Waals surface area contributed by atoms with Crippen molar-refractivity contribution in [3.63, 3.8) is 0 Å². The normalized spacial score (nSPS) is 13.8. The SMILES string of the molecule is Cc1noc(C)c1CSc1ccccc1C(=O)OC(C)C(=O)N1CC(=O)Nc2ccccc21. The number of nitrogens with one attached hydrogen (secondary N) is 1. The van der Waals surface area contributed by atoms with Gasteiger partial charge in [0, 0.05) is 16.2 Å². The lowest BCUT2D eigenvalue weighted by Crippen LogP contribution is -2.47. The summed E-state index contributed by atoms with van der Waals surface area (Å²) >= 11 is 1.47. The molecule has 9 heteroatoms. The van der Waals surface area contributed by atoms with Crippen LogP contribution in [0.3, 0.4) is 0 Å². The minimum absolute atomic E-state index is 0.137. The average Bonchev–Trinajstić information content (AvgIpc) is 3.13. The third-order valence-corrected chi connectivity index (χ3v) is 6.43. The molecule has 2 aromatic carbocycles. The standard InChI is InChI=1S/C24H23N3O5S/c1-14-18(15(2)32-26-14)13-33-21-11-7-4-8-17(21)24(30)31-16(3)23(29)27-12-22(28)25-19-9-5-6-10-20(19)27/h4-11,16H,12-13H2,1-3H3,(H,25,28). The number of hydrogen-bond donors (Lipinski definition) is 1. The smallest absolute Gasteiger partial charge is 0.340 e. The number of carbonyl (C=O) groups excluding carboxylic acids is 3. The number of thioether (sulfide) groups is 1. The summed E-state index contributed by atoms with van der Waals surface area (Å²) in [6.07, 6.45) is -1.07. The highest BCUT2D eigenvalue weighted by Gasteiger charge is 2.31. The van der Waals surface area contributed by atoms with Gasteiger partial charge in [0.15, 0.2) is 6.10 Å². The quantitative estimate of drug-likeness (QED) is 0.432. The van der Waals surface area contributed by atoms with Crippen molar-refractivity contribution in [2.24, 2.45) is 0 Å². The first kappa shape index (κ1) is 22.6. The number of nitrogens with zero attached hydrogens (tertiary/aromatic N) is 2. The van der Waals surface area contributed by atoms with Crippen LogP contribution >= 0.6 is 11.8 Å². The summed E-state index contributed by atoms with van der Waals surface area (Å²) in [6, 6.07) is 14.1. The van der Waals surface area contributed by atoms with E-state index in [4.69, 9.17) is 9.26 Å². The molecule has 0 fully saturated rings. The van der Waals surface area contributed by atoms with E-state index in [9.17, 15) is 14.4 Å². The van der Waals surface area contributed by atoms with Gasteiger partial charge in [-0.05, 0) is 45.0 Å². The zero-order chi connectivity index (χ0) is 23.5. The molecule has 2 heterocycles. The van der Waals surface area contributed by atoms with Gasteiger partial charge in [-0.25, -0.2) is 4.79 Å². The van der Waals surface area contributed by atoms with E-state index in [1.165, 1.54) is 23.6 Å². The molecule has 33 heavy (non-hydrogen) atoms. The third-order valence-electron chi connectivity index (χ3n) is 5.33. The number of rotatable bonds is 6. The molecular formula is C24H23N3O5S. The summed E-state index contributed by atoms with van der Waals surface area (Å²) in [5.41, 5.74) is 3.27. The Morgan fingerprint density at radius 2 is 1.91 bits per heavy atom. The largest absolute Gasteiger partial charge is 0.449 e. The van der Waals surface area contributed by atoms with Gasteiger partial charge in [0.05, 0.1) is 22.6 Å². The van der Waals surface area contributed by atoms with Crippen LogP contribution in [0.15, 0.2) is 57.9 Å². The number of aryl methyl sites for hydroxylation is 2. The van der Waals surface area contributed by atoms with Gasteiger partial charge in [-0.15, -0.1) is 11.8 Å². The van der Waals surface area contributed by atoms with Gasteiger partial charge in [-0.2, -0.15) is 0 Å².